The number of methoxy groups -OCH3 is 1. The van der Waals surface area contributed by atoms with E-state index in [0.717, 1.165) is 32.5 Å². The van der Waals surface area contributed by atoms with Crippen LogP contribution in [0.1, 0.15) is 38.2 Å². The zero-order valence-corrected chi connectivity index (χ0v) is 14.2. The van der Waals surface area contributed by atoms with E-state index in [-0.39, 0.29) is 5.92 Å². The van der Waals surface area contributed by atoms with Crippen molar-refractivity contribution < 1.29 is 4.74 Å². The van der Waals surface area contributed by atoms with Gasteiger partial charge in [0.15, 0.2) is 0 Å². The number of benzene rings is 1. The highest BCUT2D eigenvalue weighted by molar-refractivity contribution is 7.80. The first-order chi connectivity index (χ1) is 10.1. The number of nitrogens with two attached hydrogens (primary N) is 1. The van der Waals surface area contributed by atoms with Crippen molar-refractivity contribution in [1.29, 1.82) is 0 Å². The highest BCUT2D eigenvalue weighted by Gasteiger charge is 2.22. The smallest absolute Gasteiger partial charge is 0.0816 e. The molecule has 0 aliphatic heterocycles. The molecule has 0 amide bonds. The summed E-state index contributed by atoms with van der Waals surface area (Å²) in [6.07, 6.45) is 2.25. The van der Waals surface area contributed by atoms with Crippen LogP contribution >= 0.6 is 12.2 Å². The van der Waals surface area contributed by atoms with Crippen LogP contribution in [0.4, 0.5) is 0 Å². The van der Waals surface area contributed by atoms with E-state index < -0.39 is 0 Å². The third-order valence-corrected chi connectivity index (χ3v) is 4.29. The molecule has 0 saturated heterocycles. The van der Waals surface area contributed by atoms with Gasteiger partial charge in [-0.05, 0) is 18.4 Å². The molecule has 0 aliphatic rings. The van der Waals surface area contributed by atoms with Crippen LogP contribution in [0.15, 0.2) is 30.3 Å². The molecule has 1 aromatic rings. The van der Waals surface area contributed by atoms with Gasteiger partial charge in [0.2, 0.25) is 0 Å². The molecule has 21 heavy (non-hydrogen) atoms. The minimum Gasteiger partial charge on any atom is -0.393 e. The molecule has 0 aliphatic carbocycles. The molecule has 1 unspecified atom stereocenters. The predicted molar refractivity (Wildman–Crippen MR) is 93.8 cm³/mol. The highest BCUT2D eigenvalue weighted by atomic mass is 32.1. The number of thiocarbonyl (C=S) groups is 1. The van der Waals surface area contributed by atoms with Gasteiger partial charge in [-0.15, -0.1) is 0 Å². The second-order valence-corrected chi connectivity index (χ2v) is 5.80. The fraction of sp³-hybridized carbons (Fsp3) is 0.588. The second kappa shape index (κ2) is 9.87. The highest BCUT2D eigenvalue weighted by Crippen LogP contribution is 2.20. The summed E-state index contributed by atoms with van der Waals surface area (Å²) < 4.78 is 5.25. The van der Waals surface area contributed by atoms with Gasteiger partial charge in [-0.25, -0.2) is 0 Å². The van der Waals surface area contributed by atoms with E-state index in [1.165, 1.54) is 5.56 Å². The summed E-state index contributed by atoms with van der Waals surface area (Å²) in [5.41, 5.74) is 7.20. The van der Waals surface area contributed by atoms with Crippen LogP contribution in [0, 0.1) is 0 Å². The number of hydrogen-bond donors (Lipinski definition) is 1. The van der Waals surface area contributed by atoms with E-state index >= 15 is 0 Å². The van der Waals surface area contributed by atoms with Crippen LogP contribution in [0.25, 0.3) is 0 Å². The largest absolute Gasteiger partial charge is 0.393 e. The molecule has 0 bridgehead atoms. The summed E-state index contributed by atoms with van der Waals surface area (Å²) in [6.45, 7) is 6.96. The van der Waals surface area contributed by atoms with Crippen molar-refractivity contribution in [3.63, 3.8) is 0 Å². The van der Waals surface area contributed by atoms with Crippen LogP contribution in [0.5, 0.6) is 0 Å². The van der Waals surface area contributed by atoms with Gasteiger partial charge in [-0.1, -0.05) is 56.4 Å². The van der Waals surface area contributed by atoms with Gasteiger partial charge in [0.05, 0.1) is 11.6 Å². The lowest BCUT2D eigenvalue weighted by atomic mass is 9.97. The SMILES string of the molecule is CCC(CC)N(CCOC)CC(C(N)=S)c1ccccc1. The van der Waals surface area contributed by atoms with Gasteiger partial charge in [-0.2, -0.15) is 0 Å². The topological polar surface area (TPSA) is 38.5 Å². The first-order valence-electron chi connectivity index (χ1n) is 7.71. The average molecular weight is 308 g/mol. The molecule has 0 aromatic heterocycles. The van der Waals surface area contributed by atoms with E-state index in [4.69, 9.17) is 22.7 Å². The van der Waals surface area contributed by atoms with Gasteiger partial charge in [0, 0.05) is 32.2 Å². The minimum absolute atomic E-state index is 0.0960. The van der Waals surface area contributed by atoms with Crippen molar-refractivity contribution in [2.75, 3.05) is 26.8 Å². The summed E-state index contributed by atoms with van der Waals surface area (Å²) in [5, 5.41) is 0. The Bertz CT molecular complexity index is 407. The first kappa shape index (κ1) is 18.1. The molecule has 2 N–H and O–H groups in total. The van der Waals surface area contributed by atoms with Crippen LogP contribution in [-0.4, -0.2) is 42.7 Å². The lowest BCUT2D eigenvalue weighted by Crippen LogP contribution is -2.42. The average Bonchev–Trinajstić information content (AvgIpc) is 2.50. The molecule has 1 atom stereocenters. The number of rotatable bonds is 10. The fourth-order valence-corrected chi connectivity index (χ4v) is 2.93. The summed E-state index contributed by atoms with van der Waals surface area (Å²) >= 11 is 5.31. The van der Waals surface area contributed by atoms with Crippen LogP contribution in [-0.2, 0) is 4.74 Å². The molecule has 0 fully saturated rings. The van der Waals surface area contributed by atoms with E-state index in [2.05, 4.69) is 30.9 Å². The van der Waals surface area contributed by atoms with Crippen molar-refractivity contribution in [3.8, 4) is 0 Å². The minimum atomic E-state index is 0.0960. The maximum absolute atomic E-state index is 6.00. The molecule has 118 valence electrons. The Kier molecular flexibility index (Phi) is 8.50. The summed E-state index contributed by atoms with van der Waals surface area (Å²) in [7, 11) is 1.74. The maximum Gasteiger partial charge on any atom is 0.0816 e. The lowest BCUT2D eigenvalue weighted by molar-refractivity contribution is 0.114. The van der Waals surface area contributed by atoms with Crippen LogP contribution in [0.3, 0.4) is 0 Å². The van der Waals surface area contributed by atoms with Crippen molar-refractivity contribution in [1.82, 2.24) is 4.90 Å². The van der Waals surface area contributed by atoms with E-state index in [1.807, 2.05) is 18.2 Å². The summed E-state index contributed by atoms with van der Waals surface area (Å²) in [4.78, 5) is 3.02. The Labute approximate surface area is 134 Å². The van der Waals surface area contributed by atoms with E-state index in [0.29, 0.717) is 11.0 Å². The third kappa shape index (κ3) is 5.73. The number of ether oxygens (including phenoxy) is 1. The number of nitrogens with zero attached hydrogens (tertiary/aromatic N) is 1. The zero-order valence-electron chi connectivity index (χ0n) is 13.4. The second-order valence-electron chi connectivity index (χ2n) is 5.32. The molecule has 0 spiro atoms. The lowest BCUT2D eigenvalue weighted by Gasteiger charge is -2.33. The van der Waals surface area contributed by atoms with E-state index in [1.54, 1.807) is 7.11 Å². The zero-order chi connectivity index (χ0) is 15.7. The quantitative estimate of drug-likeness (QED) is 0.674. The van der Waals surface area contributed by atoms with E-state index in [9.17, 15) is 0 Å². The first-order valence-corrected chi connectivity index (χ1v) is 8.12. The molecule has 0 saturated carbocycles. The van der Waals surface area contributed by atoms with Crippen molar-refractivity contribution in [3.05, 3.63) is 35.9 Å². The van der Waals surface area contributed by atoms with Gasteiger partial charge >= 0.3 is 0 Å². The van der Waals surface area contributed by atoms with Crippen molar-refractivity contribution >= 4 is 17.2 Å². The number of hydrogen-bond acceptors (Lipinski definition) is 3. The van der Waals surface area contributed by atoms with Crippen molar-refractivity contribution in [2.45, 2.75) is 38.6 Å². The molecule has 4 heteroatoms. The molecule has 3 nitrogen and oxygen atoms in total. The summed E-state index contributed by atoms with van der Waals surface area (Å²) in [6, 6.07) is 10.8. The third-order valence-electron chi connectivity index (χ3n) is 4.00. The molecular weight excluding hydrogens is 280 g/mol. The standard InChI is InChI=1S/C17H28N2OS/c1-4-15(5-2)19(11-12-20-3)13-16(17(18)21)14-9-7-6-8-10-14/h6-10,15-16H,4-5,11-13H2,1-3H3,(H2,18,21). The Morgan fingerprint density at radius 3 is 2.33 bits per heavy atom. The molecule has 1 aromatic carbocycles. The Balaban J connectivity index is 2.88. The predicted octanol–water partition coefficient (Wildman–Crippen LogP) is 3.19. The van der Waals surface area contributed by atoms with Gasteiger partial charge < -0.3 is 10.5 Å². The van der Waals surface area contributed by atoms with Crippen LogP contribution in [0.2, 0.25) is 0 Å². The molecule has 0 radical (unpaired) electrons. The Morgan fingerprint density at radius 1 is 1.24 bits per heavy atom. The summed E-state index contributed by atoms with van der Waals surface area (Å²) in [5.74, 6) is 0.0960. The molecular formula is C17H28N2OS. The van der Waals surface area contributed by atoms with Gasteiger partial charge in [-0.3, -0.25) is 4.90 Å². The Morgan fingerprint density at radius 2 is 1.86 bits per heavy atom. The maximum atomic E-state index is 6.00. The molecule has 0 heterocycles. The normalized spacial score (nSPS) is 12.8. The van der Waals surface area contributed by atoms with Gasteiger partial charge in [0.1, 0.15) is 0 Å². The monoisotopic (exact) mass is 308 g/mol. The van der Waals surface area contributed by atoms with Gasteiger partial charge in [0.25, 0.3) is 0 Å². The molecule has 1 rings (SSSR count). The Hall–Kier alpha value is -0.970. The van der Waals surface area contributed by atoms with Crippen LogP contribution < -0.4 is 5.73 Å². The van der Waals surface area contributed by atoms with Crippen molar-refractivity contribution in [2.24, 2.45) is 5.73 Å². The fourth-order valence-electron chi connectivity index (χ4n) is 2.72.